The van der Waals surface area contributed by atoms with Crippen molar-refractivity contribution in [1.29, 1.82) is 0 Å². The fraction of sp³-hybridized carbons (Fsp3) is 0.417. The van der Waals surface area contributed by atoms with Gasteiger partial charge in [-0.2, -0.15) is 0 Å². The van der Waals surface area contributed by atoms with Crippen LogP contribution in [-0.4, -0.2) is 60.0 Å². The zero-order valence-corrected chi connectivity index (χ0v) is 18.1. The molecule has 2 atom stereocenters. The van der Waals surface area contributed by atoms with Gasteiger partial charge in [-0.15, -0.1) is 0 Å². The largest absolute Gasteiger partial charge is 0.493 e. The minimum Gasteiger partial charge on any atom is -0.493 e. The van der Waals surface area contributed by atoms with Crippen LogP contribution in [0.5, 0.6) is 28.7 Å². The Labute approximate surface area is 182 Å². The number of epoxide rings is 2. The Balaban J connectivity index is 1.42. The molecule has 0 radical (unpaired) electrons. The van der Waals surface area contributed by atoms with Crippen LogP contribution in [0, 0.1) is 0 Å². The average molecular weight is 428 g/mol. The highest BCUT2D eigenvalue weighted by Crippen LogP contribution is 2.39. The van der Waals surface area contributed by atoms with E-state index in [0.29, 0.717) is 30.5 Å². The van der Waals surface area contributed by atoms with Gasteiger partial charge in [0.05, 0.1) is 34.5 Å². The molecule has 4 rings (SSSR count). The van der Waals surface area contributed by atoms with Crippen LogP contribution in [0.25, 0.3) is 6.08 Å². The van der Waals surface area contributed by atoms with Gasteiger partial charge < -0.3 is 33.2 Å². The number of hydrogen-bond acceptors (Lipinski definition) is 7. The monoisotopic (exact) mass is 428 g/mol. The molecule has 2 unspecified atom stereocenters. The first kappa shape index (κ1) is 21.3. The smallest absolute Gasteiger partial charge is 0.203 e. The summed E-state index contributed by atoms with van der Waals surface area (Å²) in [4.78, 5) is 0. The van der Waals surface area contributed by atoms with E-state index in [1.54, 1.807) is 21.3 Å². The van der Waals surface area contributed by atoms with Gasteiger partial charge in [0.1, 0.15) is 25.4 Å². The van der Waals surface area contributed by atoms with E-state index in [-0.39, 0.29) is 12.2 Å². The zero-order valence-electron chi connectivity index (χ0n) is 18.1. The molecule has 166 valence electrons. The fourth-order valence-corrected chi connectivity index (χ4v) is 3.12. The van der Waals surface area contributed by atoms with Crippen molar-refractivity contribution in [3.05, 3.63) is 47.5 Å². The summed E-state index contributed by atoms with van der Waals surface area (Å²) in [5.74, 6) is 3.29. The first-order valence-corrected chi connectivity index (χ1v) is 10.3. The molecule has 7 nitrogen and oxygen atoms in total. The maximum Gasteiger partial charge on any atom is 0.203 e. The van der Waals surface area contributed by atoms with Gasteiger partial charge in [-0.25, -0.2) is 0 Å². The zero-order chi connectivity index (χ0) is 21.6. The normalized spacial score (nSPS) is 19.2. The lowest BCUT2D eigenvalue weighted by Gasteiger charge is -2.15. The highest BCUT2D eigenvalue weighted by molar-refractivity contribution is 5.62. The van der Waals surface area contributed by atoms with Crippen LogP contribution < -0.4 is 23.7 Å². The average Bonchev–Trinajstić information content (AvgIpc) is 3.71. The summed E-state index contributed by atoms with van der Waals surface area (Å²) < 4.78 is 38.5. The van der Waals surface area contributed by atoms with E-state index in [1.807, 2.05) is 36.4 Å². The predicted molar refractivity (Wildman–Crippen MR) is 116 cm³/mol. The SMILES string of the molecule is COc1cc(C/C=C/c2cc(OC)c(OCC3CO3)c(OC)c2)ccc1OCC1CO1. The Kier molecular flexibility index (Phi) is 6.84. The summed E-state index contributed by atoms with van der Waals surface area (Å²) in [5.41, 5.74) is 2.08. The Morgan fingerprint density at radius 2 is 1.42 bits per heavy atom. The van der Waals surface area contributed by atoms with Gasteiger partial charge >= 0.3 is 0 Å². The lowest BCUT2D eigenvalue weighted by Crippen LogP contribution is -2.06. The molecule has 2 fully saturated rings. The summed E-state index contributed by atoms with van der Waals surface area (Å²) >= 11 is 0. The topological polar surface area (TPSA) is 71.2 Å². The number of methoxy groups -OCH3 is 3. The van der Waals surface area contributed by atoms with Crippen LogP contribution in [0.1, 0.15) is 11.1 Å². The highest BCUT2D eigenvalue weighted by Gasteiger charge is 2.25. The van der Waals surface area contributed by atoms with E-state index in [1.165, 1.54) is 0 Å². The van der Waals surface area contributed by atoms with Gasteiger partial charge in [0, 0.05) is 0 Å². The summed E-state index contributed by atoms with van der Waals surface area (Å²) in [6, 6.07) is 9.82. The van der Waals surface area contributed by atoms with Crippen molar-refractivity contribution in [3.8, 4) is 28.7 Å². The Morgan fingerprint density at radius 3 is 2.00 bits per heavy atom. The van der Waals surface area contributed by atoms with Crippen molar-refractivity contribution in [3.63, 3.8) is 0 Å². The van der Waals surface area contributed by atoms with Crippen molar-refractivity contribution >= 4 is 6.08 Å². The molecule has 0 amide bonds. The first-order valence-electron chi connectivity index (χ1n) is 10.3. The Bertz CT molecular complexity index is 891. The Morgan fingerprint density at radius 1 is 0.806 bits per heavy atom. The molecular formula is C24H28O7. The first-order chi connectivity index (χ1) is 15.2. The van der Waals surface area contributed by atoms with Crippen molar-refractivity contribution < 1.29 is 33.2 Å². The molecule has 2 aromatic rings. The molecule has 2 heterocycles. The van der Waals surface area contributed by atoms with Gasteiger partial charge in [-0.1, -0.05) is 18.2 Å². The van der Waals surface area contributed by atoms with Crippen molar-refractivity contribution in [2.75, 3.05) is 47.8 Å². The highest BCUT2D eigenvalue weighted by atomic mass is 16.6. The fourth-order valence-electron chi connectivity index (χ4n) is 3.12. The van der Waals surface area contributed by atoms with E-state index in [2.05, 4.69) is 6.08 Å². The third-order valence-corrected chi connectivity index (χ3v) is 5.02. The van der Waals surface area contributed by atoms with Crippen molar-refractivity contribution in [1.82, 2.24) is 0 Å². The van der Waals surface area contributed by atoms with E-state index in [4.69, 9.17) is 33.2 Å². The number of hydrogen-bond donors (Lipinski definition) is 0. The number of ether oxygens (including phenoxy) is 7. The molecule has 2 aliphatic rings. The van der Waals surface area contributed by atoms with Crippen LogP contribution in [0.2, 0.25) is 0 Å². The van der Waals surface area contributed by atoms with E-state index < -0.39 is 0 Å². The molecule has 2 aromatic carbocycles. The van der Waals surface area contributed by atoms with E-state index >= 15 is 0 Å². The van der Waals surface area contributed by atoms with Crippen LogP contribution >= 0.6 is 0 Å². The second kappa shape index (κ2) is 9.94. The quantitative estimate of drug-likeness (QED) is 0.479. The molecule has 7 heteroatoms. The summed E-state index contributed by atoms with van der Waals surface area (Å²) in [5, 5.41) is 0. The molecule has 0 aliphatic carbocycles. The maximum absolute atomic E-state index is 5.85. The number of allylic oxidation sites excluding steroid dienone is 1. The molecular weight excluding hydrogens is 400 g/mol. The molecule has 0 N–H and O–H groups in total. The maximum atomic E-state index is 5.85. The number of benzene rings is 2. The summed E-state index contributed by atoms with van der Waals surface area (Å²) in [7, 11) is 4.88. The lowest BCUT2D eigenvalue weighted by atomic mass is 10.1. The Hall–Kier alpha value is -2.90. The number of rotatable bonds is 12. The summed E-state index contributed by atoms with van der Waals surface area (Å²) in [6.07, 6.45) is 5.22. The van der Waals surface area contributed by atoms with Crippen molar-refractivity contribution in [2.45, 2.75) is 18.6 Å². The molecule has 2 aliphatic heterocycles. The molecule has 0 spiro atoms. The third-order valence-electron chi connectivity index (χ3n) is 5.02. The molecule has 0 bridgehead atoms. The van der Waals surface area contributed by atoms with Crippen LogP contribution in [-0.2, 0) is 15.9 Å². The van der Waals surface area contributed by atoms with Gasteiger partial charge in [-0.3, -0.25) is 0 Å². The van der Waals surface area contributed by atoms with E-state index in [9.17, 15) is 0 Å². The van der Waals surface area contributed by atoms with E-state index in [0.717, 1.165) is 42.3 Å². The minimum atomic E-state index is 0.157. The molecule has 2 saturated heterocycles. The van der Waals surface area contributed by atoms with Gasteiger partial charge in [-0.05, 0) is 41.8 Å². The van der Waals surface area contributed by atoms with Gasteiger partial charge in [0.15, 0.2) is 23.0 Å². The summed E-state index contributed by atoms with van der Waals surface area (Å²) in [6.45, 7) is 2.53. The van der Waals surface area contributed by atoms with Gasteiger partial charge in [0.25, 0.3) is 0 Å². The van der Waals surface area contributed by atoms with Crippen LogP contribution in [0.3, 0.4) is 0 Å². The lowest BCUT2D eigenvalue weighted by molar-refractivity contribution is 0.241. The second-order valence-electron chi connectivity index (χ2n) is 7.38. The van der Waals surface area contributed by atoms with Crippen LogP contribution in [0.4, 0.5) is 0 Å². The standard InChI is InChI=1S/C24H28O7/c1-25-21-9-16(7-8-20(21)30-14-18-12-28-18)5-4-6-17-10-22(26-2)24(23(11-17)27-3)31-15-19-13-29-19/h4,6-11,18-19H,5,12-15H2,1-3H3/b6-4+. The predicted octanol–water partition coefficient (Wildman–Crippen LogP) is 3.52. The second-order valence-corrected chi connectivity index (χ2v) is 7.38. The van der Waals surface area contributed by atoms with Gasteiger partial charge in [0.2, 0.25) is 5.75 Å². The van der Waals surface area contributed by atoms with Crippen molar-refractivity contribution in [2.24, 2.45) is 0 Å². The van der Waals surface area contributed by atoms with Crippen LogP contribution in [0.15, 0.2) is 36.4 Å². The molecule has 0 saturated carbocycles. The minimum absolute atomic E-state index is 0.157. The molecule has 31 heavy (non-hydrogen) atoms. The third kappa shape index (κ3) is 5.83. The molecule has 0 aromatic heterocycles.